The molecule has 0 amide bonds. The van der Waals surface area contributed by atoms with E-state index < -0.39 is 11.9 Å². The van der Waals surface area contributed by atoms with Gasteiger partial charge in [0, 0.05) is 44.9 Å². The highest BCUT2D eigenvalue weighted by atomic mass is 16.5. The van der Waals surface area contributed by atoms with Gasteiger partial charge < -0.3 is 28.4 Å². The van der Waals surface area contributed by atoms with E-state index in [0.29, 0.717) is 36.2 Å². The normalized spacial score (nSPS) is 12.3. The van der Waals surface area contributed by atoms with Gasteiger partial charge in [-0.2, -0.15) is 0 Å². The molecule has 0 saturated heterocycles. The van der Waals surface area contributed by atoms with Crippen LogP contribution in [0.5, 0.6) is 23.0 Å². The Morgan fingerprint density at radius 1 is 0.484 bits per heavy atom. The summed E-state index contributed by atoms with van der Waals surface area (Å²) in [5, 5.41) is 0. The quantitative estimate of drug-likeness (QED) is 0.0211. The van der Waals surface area contributed by atoms with Gasteiger partial charge in [0.15, 0.2) is 0 Å². The van der Waals surface area contributed by atoms with Crippen LogP contribution in [0.15, 0.2) is 131 Å². The first-order chi connectivity index (χ1) is 31.3. The van der Waals surface area contributed by atoms with Crippen molar-refractivity contribution >= 4 is 35.7 Å². The number of carbonyl (C=O) groups excluding carboxylic acids is 2. The minimum absolute atomic E-state index is 0.246. The highest BCUT2D eigenvalue weighted by molar-refractivity contribution is 5.93. The zero-order valence-corrected chi connectivity index (χ0v) is 37.9. The molecule has 0 saturated carbocycles. The Morgan fingerprint density at radius 2 is 0.875 bits per heavy atom. The first kappa shape index (κ1) is 48.9. The zero-order valence-electron chi connectivity index (χ0n) is 37.9. The molecule has 0 fully saturated rings. The number of benzene rings is 5. The van der Waals surface area contributed by atoms with Crippen molar-refractivity contribution in [2.75, 3.05) is 39.6 Å². The molecule has 2 atom stereocenters. The van der Waals surface area contributed by atoms with E-state index in [1.165, 1.54) is 6.07 Å². The maximum absolute atomic E-state index is 13.0. The van der Waals surface area contributed by atoms with Crippen LogP contribution in [0.2, 0.25) is 0 Å². The summed E-state index contributed by atoms with van der Waals surface area (Å²) in [6.45, 7) is 13.4. The Balaban J connectivity index is 0.992. The largest absolute Gasteiger partial charge is 0.494 e. The van der Waals surface area contributed by atoms with Crippen molar-refractivity contribution in [3.63, 3.8) is 0 Å². The number of esters is 2. The summed E-state index contributed by atoms with van der Waals surface area (Å²) in [5.41, 5.74) is 3.96. The number of rotatable bonds is 28. The topological polar surface area (TPSA) is 114 Å². The molecule has 0 aromatic heterocycles. The van der Waals surface area contributed by atoms with Gasteiger partial charge in [-0.05, 0) is 146 Å². The maximum atomic E-state index is 13.0. The molecule has 0 unspecified atom stereocenters. The van der Waals surface area contributed by atoms with Gasteiger partial charge >= 0.3 is 11.9 Å². The average Bonchev–Trinajstić information content (AvgIpc) is 3.32. The standard InChI is InChI=1S/C54H64N2O8/c1-5-41(3)39-59-32-9-7-11-34-61-49-28-24-47(25-29-49)55-37-43-16-20-45(21-17-43)53(57)63-51-14-13-15-52(36-51)64-54(58)46-22-18-44(19-23-46)38-56-48-26-30-50(31-27-48)62-35-12-8-10-33-60-40-42(4)6-2/h13-31,36-38,41-42H,5-12,32-35,39-40H2,1-4H3/t41-,42-/m0/s1. The van der Waals surface area contributed by atoms with E-state index >= 15 is 0 Å². The number of carbonyl (C=O) groups is 2. The summed E-state index contributed by atoms with van der Waals surface area (Å²) in [6.07, 6.45) is 12.0. The van der Waals surface area contributed by atoms with Crippen LogP contribution in [0, 0.1) is 11.8 Å². The molecule has 5 aromatic rings. The smallest absolute Gasteiger partial charge is 0.343 e. The van der Waals surface area contributed by atoms with Gasteiger partial charge in [0.05, 0.1) is 35.7 Å². The van der Waals surface area contributed by atoms with E-state index in [1.807, 2.05) is 48.5 Å². The van der Waals surface area contributed by atoms with Crippen LogP contribution in [0.4, 0.5) is 11.4 Å². The fourth-order valence-electron chi connectivity index (χ4n) is 6.05. The van der Waals surface area contributed by atoms with E-state index in [2.05, 4.69) is 37.7 Å². The predicted molar refractivity (Wildman–Crippen MR) is 256 cm³/mol. The fraction of sp³-hybridized carbons (Fsp3) is 0.370. The Labute approximate surface area is 379 Å². The van der Waals surface area contributed by atoms with Crippen molar-refractivity contribution in [3.05, 3.63) is 144 Å². The van der Waals surface area contributed by atoms with Crippen LogP contribution >= 0.6 is 0 Å². The van der Waals surface area contributed by atoms with Crippen molar-refractivity contribution in [2.45, 2.75) is 79.1 Å². The second-order valence-corrected chi connectivity index (χ2v) is 16.0. The van der Waals surface area contributed by atoms with Gasteiger partial charge in [0.25, 0.3) is 0 Å². The van der Waals surface area contributed by atoms with Crippen LogP contribution in [0.25, 0.3) is 0 Å². The average molecular weight is 869 g/mol. The monoisotopic (exact) mass is 868 g/mol. The fourth-order valence-corrected chi connectivity index (χ4v) is 6.05. The molecule has 10 heteroatoms. The predicted octanol–water partition coefficient (Wildman–Crippen LogP) is 12.8. The third-order valence-corrected chi connectivity index (χ3v) is 10.5. The van der Waals surface area contributed by atoms with Crippen molar-refractivity contribution in [3.8, 4) is 23.0 Å². The summed E-state index contributed by atoms with van der Waals surface area (Å²) in [5.74, 6) is 2.26. The highest BCUT2D eigenvalue weighted by Crippen LogP contribution is 2.23. The molecular formula is C54H64N2O8. The molecule has 338 valence electrons. The Kier molecular flexibility index (Phi) is 21.3. The zero-order chi connectivity index (χ0) is 45.2. The second-order valence-electron chi connectivity index (χ2n) is 16.0. The number of aliphatic imine (C=N–C) groups is 2. The lowest BCUT2D eigenvalue weighted by atomic mass is 10.1. The lowest BCUT2D eigenvalue weighted by Gasteiger charge is -2.09. The van der Waals surface area contributed by atoms with Gasteiger partial charge in [-0.3, -0.25) is 9.98 Å². The molecule has 0 bridgehead atoms. The summed E-state index contributed by atoms with van der Waals surface area (Å²) in [7, 11) is 0. The summed E-state index contributed by atoms with van der Waals surface area (Å²) in [4.78, 5) is 35.0. The van der Waals surface area contributed by atoms with Crippen LogP contribution < -0.4 is 18.9 Å². The maximum Gasteiger partial charge on any atom is 0.343 e. The molecule has 64 heavy (non-hydrogen) atoms. The van der Waals surface area contributed by atoms with Crippen molar-refractivity contribution in [1.29, 1.82) is 0 Å². The number of nitrogens with zero attached hydrogens (tertiary/aromatic N) is 2. The van der Waals surface area contributed by atoms with Crippen molar-refractivity contribution < 1.29 is 38.0 Å². The third kappa shape index (κ3) is 18.3. The molecule has 10 nitrogen and oxygen atoms in total. The third-order valence-electron chi connectivity index (χ3n) is 10.5. The van der Waals surface area contributed by atoms with E-state index in [9.17, 15) is 9.59 Å². The Morgan fingerprint density at radius 3 is 1.27 bits per heavy atom. The highest BCUT2D eigenvalue weighted by Gasteiger charge is 2.13. The van der Waals surface area contributed by atoms with Gasteiger partial charge in [0.2, 0.25) is 0 Å². The van der Waals surface area contributed by atoms with Gasteiger partial charge in [-0.15, -0.1) is 0 Å². The van der Waals surface area contributed by atoms with Crippen LogP contribution in [0.3, 0.4) is 0 Å². The van der Waals surface area contributed by atoms with E-state index in [1.54, 1.807) is 79.2 Å². The second kappa shape index (κ2) is 27.9. The molecule has 0 aliphatic heterocycles. The minimum Gasteiger partial charge on any atom is -0.494 e. The molecule has 0 N–H and O–H groups in total. The Hall–Kier alpha value is -6.10. The Bertz CT molecular complexity index is 2020. The summed E-state index contributed by atoms with van der Waals surface area (Å²) in [6, 6.07) is 35.6. The summed E-state index contributed by atoms with van der Waals surface area (Å²) < 4.78 is 34.4. The van der Waals surface area contributed by atoms with E-state index in [0.717, 1.165) is 112 Å². The lowest BCUT2D eigenvalue weighted by molar-refractivity contribution is 0.0732. The summed E-state index contributed by atoms with van der Waals surface area (Å²) >= 11 is 0. The van der Waals surface area contributed by atoms with Crippen LogP contribution in [0.1, 0.15) is 111 Å². The van der Waals surface area contributed by atoms with E-state index in [-0.39, 0.29) is 11.5 Å². The molecule has 0 spiro atoms. The number of ether oxygens (including phenoxy) is 6. The molecule has 0 aliphatic carbocycles. The van der Waals surface area contributed by atoms with Gasteiger partial charge in [-0.1, -0.05) is 70.9 Å². The molecule has 5 rings (SSSR count). The van der Waals surface area contributed by atoms with Gasteiger partial charge in [-0.25, -0.2) is 9.59 Å². The SMILES string of the molecule is CC[C@H](C)COCCCCCOc1ccc(N=Cc2ccc(C(=O)Oc3cccc(OC(=O)c4ccc(C=Nc5ccc(OCCCCCOC[C@@H](C)CC)cc5)cc4)c3)cc2)cc1. The van der Waals surface area contributed by atoms with Crippen LogP contribution in [-0.2, 0) is 9.47 Å². The first-order valence-corrected chi connectivity index (χ1v) is 22.7. The molecule has 5 aromatic carbocycles. The molecule has 0 radical (unpaired) electrons. The number of hydrogen-bond donors (Lipinski definition) is 0. The van der Waals surface area contributed by atoms with E-state index in [4.69, 9.17) is 28.4 Å². The molecule has 0 aliphatic rings. The first-order valence-electron chi connectivity index (χ1n) is 22.7. The minimum atomic E-state index is -0.542. The van der Waals surface area contributed by atoms with Gasteiger partial charge in [0.1, 0.15) is 23.0 Å². The van der Waals surface area contributed by atoms with Crippen molar-refractivity contribution in [2.24, 2.45) is 21.8 Å². The number of hydrogen-bond acceptors (Lipinski definition) is 10. The van der Waals surface area contributed by atoms with Crippen molar-refractivity contribution in [1.82, 2.24) is 0 Å². The molecular weight excluding hydrogens is 805 g/mol. The molecule has 0 heterocycles. The van der Waals surface area contributed by atoms with Crippen LogP contribution in [-0.4, -0.2) is 64.0 Å². The number of unbranched alkanes of at least 4 members (excludes halogenated alkanes) is 4. The lowest BCUT2D eigenvalue weighted by Crippen LogP contribution is -2.10.